The molecule has 6 rings (SSSR count). The zero-order valence-electron chi connectivity index (χ0n) is 20.7. The highest BCUT2D eigenvalue weighted by Crippen LogP contribution is 2.30. The molecule has 37 heavy (non-hydrogen) atoms. The predicted octanol–water partition coefficient (Wildman–Crippen LogP) is 5.37. The molecular weight excluding hydrogens is 460 g/mol. The molecule has 0 saturated carbocycles. The fourth-order valence-electron chi connectivity index (χ4n) is 5.45. The normalized spacial score (nSPS) is 12.4. The first-order chi connectivity index (χ1) is 17.8. The predicted molar refractivity (Wildman–Crippen MR) is 149 cm³/mol. The second kappa shape index (κ2) is 8.42. The van der Waals surface area contributed by atoms with Crippen LogP contribution in [0.1, 0.15) is 22.3 Å². The number of anilines is 2. The third-order valence-corrected chi connectivity index (χ3v) is 7.01. The smallest absolute Gasteiger partial charge is 0.281 e. The van der Waals surface area contributed by atoms with Crippen molar-refractivity contribution in [2.75, 3.05) is 5.32 Å². The van der Waals surface area contributed by atoms with E-state index in [2.05, 4.69) is 29.4 Å². The Morgan fingerprint density at radius 1 is 0.784 bits per heavy atom. The van der Waals surface area contributed by atoms with Crippen LogP contribution in [0.15, 0.2) is 88.5 Å². The van der Waals surface area contributed by atoms with Crippen molar-refractivity contribution in [3.8, 4) is 0 Å². The van der Waals surface area contributed by atoms with Crippen molar-refractivity contribution in [3.63, 3.8) is 0 Å². The maximum absolute atomic E-state index is 14.0. The van der Waals surface area contributed by atoms with Crippen LogP contribution in [0.3, 0.4) is 0 Å². The number of aliphatic hydroxyl groups excluding tert-OH is 1. The Morgan fingerprint density at radius 2 is 1.43 bits per heavy atom. The summed E-state index contributed by atoms with van der Waals surface area (Å²) in [5, 5.41) is 17.6. The van der Waals surface area contributed by atoms with Crippen LogP contribution in [0.5, 0.6) is 0 Å². The molecule has 5 heteroatoms. The SMILES string of the molecule is Cc1cc(C)c(Nc2ccc3nc(=O)/c(=C(\O)c4ccccc4)c4c5ccccc5c(=O)c2c3=4)c(C)c1. The lowest BCUT2D eigenvalue weighted by atomic mass is 9.96. The Morgan fingerprint density at radius 3 is 2.14 bits per heavy atom. The first kappa shape index (κ1) is 22.7. The van der Waals surface area contributed by atoms with Crippen LogP contribution in [0, 0.1) is 31.2 Å². The van der Waals surface area contributed by atoms with Crippen molar-refractivity contribution >= 4 is 38.8 Å². The summed E-state index contributed by atoms with van der Waals surface area (Å²) in [5.74, 6) is -0.159. The number of benzene rings is 4. The third kappa shape index (κ3) is 3.51. The van der Waals surface area contributed by atoms with Crippen molar-refractivity contribution in [1.82, 2.24) is 4.98 Å². The average molecular weight is 485 g/mol. The van der Waals surface area contributed by atoms with Crippen molar-refractivity contribution in [1.29, 1.82) is 0 Å². The van der Waals surface area contributed by atoms with Gasteiger partial charge in [0.25, 0.3) is 5.56 Å². The van der Waals surface area contributed by atoms with E-state index in [0.29, 0.717) is 43.4 Å². The quantitative estimate of drug-likeness (QED) is 0.353. The summed E-state index contributed by atoms with van der Waals surface area (Å²) in [6.45, 7) is 6.13. The molecule has 1 aliphatic carbocycles. The van der Waals surface area contributed by atoms with Crippen molar-refractivity contribution in [2.45, 2.75) is 20.8 Å². The second-order valence-electron chi connectivity index (χ2n) is 9.54. The zero-order chi connectivity index (χ0) is 25.8. The Bertz CT molecular complexity index is 2060. The standard InChI is InChI=1S/C32H24N2O3/c1-17-15-18(2)29(19(3)16-17)33-24-14-13-23-26-25(21-11-7-8-12-22(21)31(36)27(24)26)28(32(37)34-23)30(35)20-9-5-4-6-10-20/h4-16,33,35H,1-3H3/b30-28-. The number of hydrogen-bond donors (Lipinski definition) is 2. The van der Waals surface area contributed by atoms with Crippen molar-refractivity contribution < 1.29 is 5.11 Å². The van der Waals surface area contributed by atoms with Gasteiger partial charge in [0.15, 0.2) is 5.43 Å². The van der Waals surface area contributed by atoms with Gasteiger partial charge >= 0.3 is 0 Å². The van der Waals surface area contributed by atoms with Gasteiger partial charge in [0, 0.05) is 27.1 Å². The largest absolute Gasteiger partial charge is 0.506 e. The van der Waals surface area contributed by atoms with Gasteiger partial charge in [-0.15, -0.1) is 0 Å². The molecule has 1 aliphatic heterocycles. The Balaban J connectivity index is 1.85. The highest BCUT2D eigenvalue weighted by Gasteiger charge is 2.18. The molecule has 180 valence electrons. The van der Waals surface area contributed by atoms with E-state index >= 15 is 0 Å². The number of nitrogens with one attached hydrogen (secondary N) is 1. The van der Waals surface area contributed by atoms with Gasteiger partial charge in [-0.3, -0.25) is 9.59 Å². The van der Waals surface area contributed by atoms with E-state index in [-0.39, 0.29) is 16.4 Å². The van der Waals surface area contributed by atoms with E-state index in [1.807, 2.05) is 38.1 Å². The fraction of sp³-hybridized carbons (Fsp3) is 0.0938. The molecule has 1 heterocycles. The van der Waals surface area contributed by atoms with Crippen molar-refractivity contribution in [3.05, 3.63) is 137 Å². The molecule has 5 nitrogen and oxygen atoms in total. The summed E-state index contributed by atoms with van der Waals surface area (Å²) >= 11 is 0. The number of rotatable bonds is 3. The van der Waals surface area contributed by atoms with Gasteiger partial charge in [-0.1, -0.05) is 72.3 Å². The first-order valence-corrected chi connectivity index (χ1v) is 12.1. The molecule has 4 aromatic carbocycles. The summed E-state index contributed by atoms with van der Waals surface area (Å²) < 4.78 is 0. The van der Waals surface area contributed by atoms with Crippen LogP contribution in [-0.2, 0) is 0 Å². The van der Waals surface area contributed by atoms with E-state index in [1.54, 1.807) is 42.5 Å². The molecule has 0 bridgehead atoms. The van der Waals surface area contributed by atoms with Gasteiger partial charge in [0.2, 0.25) is 0 Å². The number of aryl methyl sites for hydroxylation is 3. The molecule has 0 amide bonds. The minimum Gasteiger partial charge on any atom is -0.506 e. The Hall–Kier alpha value is -4.77. The fourth-order valence-corrected chi connectivity index (χ4v) is 5.45. The number of fused-ring (bicyclic) bond motifs is 2. The maximum atomic E-state index is 14.0. The van der Waals surface area contributed by atoms with Gasteiger partial charge in [-0.25, -0.2) is 4.98 Å². The minimum absolute atomic E-state index is 0.0970. The summed E-state index contributed by atoms with van der Waals surface area (Å²) in [4.78, 5) is 31.6. The number of aliphatic hydroxyl groups is 1. The lowest BCUT2D eigenvalue weighted by Gasteiger charge is -2.16. The number of hydrogen-bond acceptors (Lipinski definition) is 5. The Labute approximate surface area is 212 Å². The molecule has 0 atom stereocenters. The summed E-state index contributed by atoms with van der Waals surface area (Å²) in [6.07, 6.45) is 0. The summed E-state index contributed by atoms with van der Waals surface area (Å²) in [5.41, 5.74) is 5.11. The van der Waals surface area contributed by atoms with Crippen LogP contribution >= 0.6 is 0 Å². The summed E-state index contributed by atoms with van der Waals surface area (Å²) in [6, 6.07) is 23.9. The van der Waals surface area contributed by atoms with Crippen LogP contribution in [0.2, 0.25) is 0 Å². The second-order valence-corrected chi connectivity index (χ2v) is 9.54. The summed E-state index contributed by atoms with van der Waals surface area (Å²) in [7, 11) is 0. The zero-order valence-corrected chi connectivity index (χ0v) is 20.7. The van der Waals surface area contributed by atoms with E-state index < -0.39 is 5.56 Å². The molecular formula is C32H24N2O3. The van der Waals surface area contributed by atoms with Gasteiger partial charge < -0.3 is 10.4 Å². The molecule has 0 spiro atoms. The number of nitrogens with zero attached hydrogens (tertiary/aromatic N) is 1. The van der Waals surface area contributed by atoms with E-state index in [4.69, 9.17) is 0 Å². The van der Waals surface area contributed by atoms with Crippen LogP contribution in [0.4, 0.5) is 11.4 Å². The molecule has 0 radical (unpaired) electrons. The lowest BCUT2D eigenvalue weighted by Crippen LogP contribution is -2.33. The number of aromatic nitrogens is 1. The highest BCUT2D eigenvalue weighted by atomic mass is 16.3. The maximum Gasteiger partial charge on any atom is 0.281 e. The van der Waals surface area contributed by atoms with E-state index in [0.717, 1.165) is 22.4 Å². The first-order valence-electron chi connectivity index (χ1n) is 12.1. The van der Waals surface area contributed by atoms with Gasteiger partial charge in [-0.2, -0.15) is 0 Å². The minimum atomic E-state index is -0.537. The molecule has 2 N–H and O–H groups in total. The third-order valence-electron chi connectivity index (χ3n) is 7.01. The van der Waals surface area contributed by atoms with Crippen LogP contribution in [0.25, 0.3) is 27.4 Å². The molecule has 0 aromatic heterocycles. The van der Waals surface area contributed by atoms with E-state index in [9.17, 15) is 14.7 Å². The molecule has 0 saturated heterocycles. The van der Waals surface area contributed by atoms with Crippen molar-refractivity contribution in [2.24, 2.45) is 0 Å². The van der Waals surface area contributed by atoms with Gasteiger partial charge in [0.05, 0.1) is 21.8 Å². The van der Waals surface area contributed by atoms with E-state index in [1.165, 1.54) is 0 Å². The van der Waals surface area contributed by atoms with Crippen LogP contribution in [-0.4, -0.2) is 10.1 Å². The molecule has 4 aromatic rings. The average Bonchev–Trinajstić information content (AvgIpc) is 2.89. The lowest BCUT2D eigenvalue weighted by molar-refractivity contribution is 0.506. The van der Waals surface area contributed by atoms with Gasteiger partial charge in [0.1, 0.15) is 5.76 Å². The topological polar surface area (TPSA) is 79.3 Å². The highest BCUT2D eigenvalue weighted by molar-refractivity contribution is 5.96. The molecule has 2 aliphatic rings. The Kier molecular flexibility index (Phi) is 5.16. The molecule has 0 fully saturated rings. The molecule has 0 unspecified atom stereocenters. The van der Waals surface area contributed by atoms with Crippen LogP contribution < -0.4 is 21.5 Å². The monoisotopic (exact) mass is 484 g/mol. The van der Waals surface area contributed by atoms with Gasteiger partial charge in [-0.05, 0) is 49.4 Å².